The largest absolute Gasteiger partial charge is 0.440 e. The van der Waals surface area contributed by atoms with E-state index in [0.717, 1.165) is 5.30 Å². The highest BCUT2D eigenvalue weighted by molar-refractivity contribution is 8.13. The quantitative estimate of drug-likeness (QED) is 0.763. The van der Waals surface area contributed by atoms with Gasteiger partial charge in [0.1, 0.15) is 5.75 Å². The zero-order chi connectivity index (χ0) is 13.7. The molecule has 100 valence electrons. The SMILES string of the molecule is CCOP(=S)(Oc1cccc(Cl)c1)c1ccccc1. The van der Waals surface area contributed by atoms with Crippen molar-refractivity contribution in [3.63, 3.8) is 0 Å². The molecule has 0 N–H and O–H groups in total. The van der Waals surface area contributed by atoms with E-state index in [1.54, 1.807) is 12.1 Å². The summed E-state index contributed by atoms with van der Waals surface area (Å²) >= 11 is 11.6. The average molecular weight is 313 g/mol. The molecule has 2 nitrogen and oxygen atoms in total. The van der Waals surface area contributed by atoms with E-state index in [2.05, 4.69) is 0 Å². The first-order chi connectivity index (χ1) is 9.14. The second-order valence-corrected chi connectivity index (χ2v) is 7.63. The Morgan fingerprint density at radius 2 is 1.84 bits per heavy atom. The van der Waals surface area contributed by atoms with Crippen molar-refractivity contribution in [3.8, 4) is 5.75 Å². The van der Waals surface area contributed by atoms with Gasteiger partial charge in [0.2, 0.25) is 0 Å². The Bertz CT molecular complexity index is 589. The van der Waals surface area contributed by atoms with Gasteiger partial charge in [0, 0.05) is 10.3 Å². The van der Waals surface area contributed by atoms with E-state index >= 15 is 0 Å². The predicted octanol–water partition coefficient (Wildman–Crippen LogP) is 4.39. The summed E-state index contributed by atoms with van der Waals surface area (Å²) in [5.41, 5.74) is 0. The lowest BCUT2D eigenvalue weighted by atomic mass is 10.3. The van der Waals surface area contributed by atoms with Crippen LogP contribution in [0.5, 0.6) is 5.75 Å². The van der Waals surface area contributed by atoms with E-state index in [1.807, 2.05) is 49.4 Å². The van der Waals surface area contributed by atoms with Crippen molar-refractivity contribution < 1.29 is 9.05 Å². The van der Waals surface area contributed by atoms with Gasteiger partial charge in [-0.1, -0.05) is 35.9 Å². The standard InChI is InChI=1S/C14H14ClO2PS/c1-2-16-18(19,14-9-4-3-5-10-14)17-13-8-6-7-12(15)11-13/h3-11H,2H2,1H3. The van der Waals surface area contributed by atoms with Gasteiger partial charge in [-0.2, -0.15) is 0 Å². The third-order valence-corrected chi connectivity index (χ3v) is 5.78. The molecule has 2 aromatic rings. The molecule has 1 unspecified atom stereocenters. The molecule has 0 aliphatic rings. The molecular formula is C14H14ClO2PS. The minimum absolute atomic E-state index is 0.507. The van der Waals surface area contributed by atoms with Crippen molar-refractivity contribution in [2.75, 3.05) is 6.61 Å². The molecule has 0 radical (unpaired) electrons. The summed E-state index contributed by atoms with van der Waals surface area (Å²) in [6.07, 6.45) is 0. The fraction of sp³-hybridized carbons (Fsp3) is 0.143. The normalized spacial score (nSPS) is 13.8. The third kappa shape index (κ3) is 3.80. The Labute approximate surface area is 123 Å². The molecule has 2 aromatic carbocycles. The maximum absolute atomic E-state index is 5.95. The van der Waals surface area contributed by atoms with Crippen molar-refractivity contribution in [2.24, 2.45) is 0 Å². The molecule has 0 saturated carbocycles. The van der Waals surface area contributed by atoms with Crippen molar-refractivity contribution in [1.29, 1.82) is 0 Å². The summed E-state index contributed by atoms with van der Waals surface area (Å²) in [6, 6.07) is 16.8. The Hall–Kier alpha value is -0.860. The number of rotatable bonds is 5. The van der Waals surface area contributed by atoms with Crippen LogP contribution < -0.4 is 9.83 Å². The molecule has 0 spiro atoms. The highest BCUT2D eigenvalue weighted by Gasteiger charge is 2.23. The fourth-order valence-electron chi connectivity index (χ4n) is 1.60. The second kappa shape index (κ2) is 6.53. The molecule has 0 fully saturated rings. The molecular weight excluding hydrogens is 299 g/mol. The molecule has 0 amide bonds. The number of halogens is 1. The first-order valence-corrected chi connectivity index (χ1v) is 8.91. The van der Waals surface area contributed by atoms with E-state index < -0.39 is 6.49 Å². The highest BCUT2D eigenvalue weighted by atomic mass is 35.5. The molecule has 2 rings (SSSR count). The van der Waals surface area contributed by atoms with Crippen LogP contribution in [0.25, 0.3) is 0 Å². The smallest absolute Gasteiger partial charge is 0.269 e. The summed E-state index contributed by atoms with van der Waals surface area (Å²) < 4.78 is 11.6. The van der Waals surface area contributed by atoms with Gasteiger partial charge in [0.25, 0.3) is 6.49 Å². The van der Waals surface area contributed by atoms with Crippen molar-refractivity contribution in [2.45, 2.75) is 6.92 Å². The second-order valence-electron chi connectivity index (χ2n) is 3.80. The monoisotopic (exact) mass is 312 g/mol. The van der Waals surface area contributed by atoms with E-state index in [4.69, 9.17) is 32.5 Å². The summed E-state index contributed by atoms with van der Waals surface area (Å²) in [5.74, 6) is 0.633. The van der Waals surface area contributed by atoms with E-state index in [0.29, 0.717) is 17.4 Å². The van der Waals surface area contributed by atoms with E-state index in [1.165, 1.54) is 0 Å². The first-order valence-electron chi connectivity index (χ1n) is 5.89. The molecule has 0 aliphatic heterocycles. The van der Waals surface area contributed by atoms with Crippen molar-refractivity contribution >= 4 is 35.2 Å². The lowest BCUT2D eigenvalue weighted by Gasteiger charge is -2.22. The molecule has 0 bridgehead atoms. The van der Waals surface area contributed by atoms with Crippen LogP contribution in [0.2, 0.25) is 5.02 Å². The minimum atomic E-state index is -2.54. The van der Waals surface area contributed by atoms with E-state index in [9.17, 15) is 0 Å². The zero-order valence-corrected chi connectivity index (χ0v) is 12.9. The Kier molecular flexibility index (Phi) is 5.00. The van der Waals surface area contributed by atoms with Crippen LogP contribution in [0, 0.1) is 0 Å². The molecule has 0 saturated heterocycles. The number of hydrogen-bond donors (Lipinski definition) is 0. The van der Waals surface area contributed by atoms with Gasteiger partial charge in [-0.05, 0) is 49.1 Å². The van der Waals surface area contributed by atoms with Gasteiger partial charge in [-0.15, -0.1) is 0 Å². The number of benzene rings is 2. The van der Waals surface area contributed by atoms with Gasteiger partial charge in [0.05, 0.1) is 6.61 Å². The topological polar surface area (TPSA) is 18.5 Å². The van der Waals surface area contributed by atoms with Gasteiger partial charge in [0.15, 0.2) is 0 Å². The van der Waals surface area contributed by atoms with Crippen LogP contribution in [0.4, 0.5) is 0 Å². The highest BCUT2D eigenvalue weighted by Crippen LogP contribution is 2.47. The summed E-state index contributed by atoms with van der Waals surface area (Å²) in [5, 5.41) is 1.51. The Morgan fingerprint density at radius 1 is 1.11 bits per heavy atom. The van der Waals surface area contributed by atoms with Gasteiger partial charge < -0.3 is 9.05 Å². The Balaban J connectivity index is 2.33. The predicted molar refractivity (Wildman–Crippen MR) is 84.1 cm³/mol. The summed E-state index contributed by atoms with van der Waals surface area (Å²) in [7, 11) is 0. The third-order valence-electron chi connectivity index (χ3n) is 2.39. The molecule has 0 aliphatic carbocycles. The van der Waals surface area contributed by atoms with Crippen LogP contribution in [-0.2, 0) is 16.3 Å². The lowest BCUT2D eigenvalue weighted by Crippen LogP contribution is -2.11. The van der Waals surface area contributed by atoms with Crippen LogP contribution in [-0.4, -0.2) is 6.61 Å². The fourth-order valence-corrected chi connectivity index (χ4v) is 4.29. The van der Waals surface area contributed by atoms with Gasteiger partial charge in [-0.3, -0.25) is 0 Å². The minimum Gasteiger partial charge on any atom is -0.440 e. The summed E-state index contributed by atoms with van der Waals surface area (Å²) in [4.78, 5) is 0. The Morgan fingerprint density at radius 3 is 2.47 bits per heavy atom. The molecule has 1 atom stereocenters. The summed E-state index contributed by atoms with van der Waals surface area (Å²) in [6.45, 7) is -0.124. The van der Waals surface area contributed by atoms with Crippen LogP contribution in [0.1, 0.15) is 6.92 Å². The maximum Gasteiger partial charge on any atom is 0.269 e. The molecule has 0 aromatic heterocycles. The molecule has 0 heterocycles. The van der Waals surface area contributed by atoms with Crippen molar-refractivity contribution in [1.82, 2.24) is 0 Å². The van der Waals surface area contributed by atoms with Gasteiger partial charge in [-0.25, -0.2) is 0 Å². The van der Waals surface area contributed by atoms with Crippen LogP contribution in [0.15, 0.2) is 54.6 Å². The lowest BCUT2D eigenvalue weighted by molar-refractivity contribution is 0.339. The van der Waals surface area contributed by atoms with Crippen molar-refractivity contribution in [3.05, 3.63) is 59.6 Å². The maximum atomic E-state index is 5.95. The zero-order valence-electron chi connectivity index (χ0n) is 10.5. The first kappa shape index (κ1) is 14.5. The van der Waals surface area contributed by atoms with Crippen LogP contribution in [0.3, 0.4) is 0 Å². The van der Waals surface area contributed by atoms with Crippen LogP contribution >= 0.6 is 18.1 Å². The molecule has 19 heavy (non-hydrogen) atoms. The van der Waals surface area contributed by atoms with E-state index in [-0.39, 0.29) is 0 Å². The molecule has 5 heteroatoms. The average Bonchev–Trinajstić information content (AvgIpc) is 2.40. The number of hydrogen-bond acceptors (Lipinski definition) is 3. The van der Waals surface area contributed by atoms with Gasteiger partial charge >= 0.3 is 0 Å².